The standard InChI is InChI=1S/C24H14N4/c25-15-19-20-8-3-4-12-27(20)24-22(19)21-9-5-13-28(21)23(26-24)18-11-10-16-6-1-2-7-17(16)14-18/h1-14H. The van der Waals surface area contributed by atoms with Crippen LogP contribution in [0.4, 0.5) is 0 Å². The number of pyridine rings is 1. The van der Waals surface area contributed by atoms with E-state index in [0.29, 0.717) is 5.56 Å². The van der Waals surface area contributed by atoms with Crippen LogP contribution < -0.4 is 0 Å². The van der Waals surface area contributed by atoms with E-state index in [9.17, 15) is 5.26 Å². The predicted octanol–water partition coefficient (Wildman–Crippen LogP) is 5.43. The third kappa shape index (κ3) is 1.90. The molecule has 0 aliphatic rings. The van der Waals surface area contributed by atoms with Gasteiger partial charge >= 0.3 is 0 Å². The van der Waals surface area contributed by atoms with E-state index in [2.05, 4.69) is 46.9 Å². The molecule has 0 atom stereocenters. The van der Waals surface area contributed by atoms with Crippen LogP contribution in [-0.2, 0) is 0 Å². The van der Waals surface area contributed by atoms with E-state index in [1.165, 1.54) is 10.8 Å². The van der Waals surface area contributed by atoms with Gasteiger partial charge in [0.25, 0.3) is 0 Å². The van der Waals surface area contributed by atoms with Crippen molar-refractivity contribution in [3.8, 4) is 17.5 Å². The number of nitriles is 1. The van der Waals surface area contributed by atoms with E-state index in [0.717, 1.165) is 33.5 Å². The zero-order chi connectivity index (χ0) is 18.7. The molecule has 6 aromatic rings. The Hall–Kier alpha value is -4.10. The smallest absolute Gasteiger partial charge is 0.150 e. The zero-order valence-electron chi connectivity index (χ0n) is 14.9. The number of nitrogens with zero attached hydrogens (tertiary/aromatic N) is 4. The second-order valence-electron chi connectivity index (χ2n) is 6.90. The third-order valence-electron chi connectivity index (χ3n) is 5.38. The lowest BCUT2D eigenvalue weighted by atomic mass is 10.1. The van der Waals surface area contributed by atoms with Crippen molar-refractivity contribution in [2.75, 3.05) is 0 Å². The lowest BCUT2D eigenvalue weighted by molar-refractivity contribution is 1.11. The molecule has 0 unspecified atom stereocenters. The average Bonchev–Trinajstić information content (AvgIpc) is 3.35. The SMILES string of the molecule is N#Cc1c2c3cccn3c(-c3ccc4ccccc4c3)nc2n2ccccc12. The molecule has 4 heteroatoms. The highest BCUT2D eigenvalue weighted by Gasteiger charge is 2.18. The van der Waals surface area contributed by atoms with Crippen LogP contribution in [0, 0.1) is 11.3 Å². The van der Waals surface area contributed by atoms with Crippen molar-refractivity contribution in [2.24, 2.45) is 0 Å². The summed E-state index contributed by atoms with van der Waals surface area (Å²) in [5, 5.41) is 13.1. The van der Waals surface area contributed by atoms with Crippen LogP contribution in [0.5, 0.6) is 0 Å². The van der Waals surface area contributed by atoms with Gasteiger partial charge in [0, 0.05) is 18.0 Å². The molecule has 0 bridgehead atoms. The Bertz CT molecular complexity index is 1580. The van der Waals surface area contributed by atoms with E-state index < -0.39 is 0 Å². The molecule has 0 fully saturated rings. The molecule has 0 saturated carbocycles. The minimum atomic E-state index is 0.664. The number of aromatic nitrogens is 3. The predicted molar refractivity (Wildman–Crippen MR) is 111 cm³/mol. The van der Waals surface area contributed by atoms with Gasteiger partial charge in [-0.15, -0.1) is 0 Å². The molecule has 6 rings (SSSR count). The van der Waals surface area contributed by atoms with Crippen LogP contribution in [0.25, 0.3) is 44.2 Å². The summed E-state index contributed by atoms with van der Waals surface area (Å²) < 4.78 is 4.08. The van der Waals surface area contributed by atoms with Crippen LogP contribution in [0.1, 0.15) is 5.56 Å². The monoisotopic (exact) mass is 358 g/mol. The molecule has 0 aliphatic carbocycles. The second-order valence-corrected chi connectivity index (χ2v) is 6.90. The highest BCUT2D eigenvalue weighted by Crippen LogP contribution is 2.33. The van der Waals surface area contributed by atoms with Crippen LogP contribution in [-0.4, -0.2) is 13.8 Å². The van der Waals surface area contributed by atoms with Crippen LogP contribution in [0.2, 0.25) is 0 Å². The van der Waals surface area contributed by atoms with Gasteiger partial charge in [0.2, 0.25) is 0 Å². The van der Waals surface area contributed by atoms with Crippen molar-refractivity contribution in [1.29, 1.82) is 5.26 Å². The molecule has 0 amide bonds. The molecule has 0 spiro atoms. The van der Waals surface area contributed by atoms with Crippen LogP contribution in [0.15, 0.2) is 85.2 Å². The molecule has 0 aliphatic heterocycles. The second kappa shape index (κ2) is 5.45. The fourth-order valence-electron chi connectivity index (χ4n) is 4.11. The quantitative estimate of drug-likeness (QED) is 0.393. The molecule has 4 heterocycles. The fourth-order valence-corrected chi connectivity index (χ4v) is 4.11. The van der Waals surface area contributed by atoms with Gasteiger partial charge < -0.3 is 4.40 Å². The van der Waals surface area contributed by atoms with Gasteiger partial charge in [-0.2, -0.15) is 5.26 Å². The molecule has 130 valence electrons. The first-order chi connectivity index (χ1) is 13.8. The summed E-state index contributed by atoms with van der Waals surface area (Å²) in [7, 11) is 0. The van der Waals surface area contributed by atoms with Crippen molar-refractivity contribution < 1.29 is 0 Å². The van der Waals surface area contributed by atoms with Gasteiger partial charge in [0.1, 0.15) is 17.5 Å². The summed E-state index contributed by atoms with van der Waals surface area (Å²) in [6.07, 6.45) is 3.98. The van der Waals surface area contributed by atoms with E-state index >= 15 is 0 Å². The first-order valence-electron chi connectivity index (χ1n) is 9.14. The maximum atomic E-state index is 9.82. The van der Waals surface area contributed by atoms with Gasteiger partial charge in [-0.1, -0.05) is 42.5 Å². The normalized spacial score (nSPS) is 11.5. The molecule has 0 saturated heterocycles. The van der Waals surface area contributed by atoms with Crippen molar-refractivity contribution in [3.05, 3.63) is 90.8 Å². The summed E-state index contributed by atoms with van der Waals surface area (Å²) in [5.41, 5.74) is 4.39. The molecule has 0 radical (unpaired) electrons. The Morgan fingerprint density at radius 3 is 2.43 bits per heavy atom. The summed E-state index contributed by atoms with van der Waals surface area (Å²) in [4.78, 5) is 5.02. The van der Waals surface area contributed by atoms with Gasteiger partial charge in [-0.25, -0.2) is 4.98 Å². The topological polar surface area (TPSA) is 45.5 Å². The number of hydrogen-bond donors (Lipinski definition) is 0. The van der Waals surface area contributed by atoms with Crippen molar-refractivity contribution in [1.82, 2.24) is 13.8 Å². The summed E-state index contributed by atoms with van der Waals surface area (Å²) in [5.74, 6) is 0.867. The highest BCUT2D eigenvalue weighted by molar-refractivity contribution is 6.04. The molecular weight excluding hydrogens is 344 g/mol. The number of rotatable bonds is 1. The first kappa shape index (κ1) is 15.0. The molecule has 28 heavy (non-hydrogen) atoms. The minimum Gasteiger partial charge on any atom is -0.300 e. The highest BCUT2D eigenvalue weighted by atomic mass is 15.1. The van der Waals surface area contributed by atoms with E-state index in [1.54, 1.807) is 0 Å². The van der Waals surface area contributed by atoms with E-state index in [1.807, 2.05) is 53.2 Å². The fraction of sp³-hybridized carbons (Fsp3) is 0. The minimum absolute atomic E-state index is 0.664. The Kier molecular flexibility index (Phi) is 2.92. The van der Waals surface area contributed by atoms with E-state index in [-0.39, 0.29) is 0 Å². The summed E-state index contributed by atoms with van der Waals surface area (Å²) in [6.45, 7) is 0. The Morgan fingerprint density at radius 1 is 0.750 bits per heavy atom. The van der Waals surface area contributed by atoms with Crippen molar-refractivity contribution in [2.45, 2.75) is 0 Å². The van der Waals surface area contributed by atoms with Crippen LogP contribution in [0.3, 0.4) is 0 Å². The Labute approximate surface area is 160 Å². The molecule has 4 nitrogen and oxygen atoms in total. The van der Waals surface area contributed by atoms with Gasteiger partial charge in [0.05, 0.1) is 22.0 Å². The van der Waals surface area contributed by atoms with Crippen molar-refractivity contribution >= 4 is 32.8 Å². The van der Waals surface area contributed by atoms with Gasteiger partial charge in [-0.3, -0.25) is 4.40 Å². The zero-order valence-corrected chi connectivity index (χ0v) is 14.9. The van der Waals surface area contributed by atoms with Gasteiger partial charge in [-0.05, 0) is 41.1 Å². The molecule has 4 aromatic heterocycles. The summed E-state index contributed by atoms with van der Waals surface area (Å²) >= 11 is 0. The average molecular weight is 358 g/mol. The Balaban J connectivity index is 1.79. The molecule has 0 N–H and O–H groups in total. The largest absolute Gasteiger partial charge is 0.300 e. The molecule has 2 aromatic carbocycles. The van der Waals surface area contributed by atoms with Crippen LogP contribution >= 0.6 is 0 Å². The lowest BCUT2D eigenvalue weighted by Crippen LogP contribution is -1.97. The third-order valence-corrected chi connectivity index (χ3v) is 5.38. The number of benzene rings is 2. The first-order valence-corrected chi connectivity index (χ1v) is 9.14. The van der Waals surface area contributed by atoms with Crippen molar-refractivity contribution in [3.63, 3.8) is 0 Å². The Morgan fingerprint density at radius 2 is 1.54 bits per heavy atom. The maximum absolute atomic E-state index is 9.82. The molecular formula is C24H14N4. The van der Waals surface area contributed by atoms with Gasteiger partial charge in [0.15, 0.2) is 0 Å². The maximum Gasteiger partial charge on any atom is 0.150 e. The summed E-state index contributed by atoms with van der Waals surface area (Å²) in [6, 6.07) is 27.1. The van der Waals surface area contributed by atoms with E-state index in [4.69, 9.17) is 4.98 Å². The number of hydrogen-bond acceptors (Lipinski definition) is 2. The number of fused-ring (bicyclic) bond motifs is 6. The lowest BCUT2D eigenvalue weighted by Gasteiger charge is -2.09.